The summed E-state index contributed by atoms with van der Waals surface area (Å²) in [7, 11) is 1.98. The van der Waals surface area contributed by atoms with Crippen LogP contribution in [0, 0.1) is 0 Å². The lowest BCUT2D eigenvalue weighted by Gasteiger charge is -2.34. The van der Waals surface area contributed by atoms with Crippen molar-refractivity contribution < 1.29 is 0 Å². The number of rotatable bonds is 3. The van der Waals surface area contributed by atoms with Gasteiger partial charge in [-0.1, -0.05) is 0 Å². The van der Waals surface area contributed by atoms with E-state index in [4.69, 9.17) is 4.98 Å². The first-order valence-electron chi connectivity index (χ1n) is 7.01. The van der Waals surface area contributed by atoms with Gasteiger partial charge in [0.05, 0.1) is 11.9 Å². The maximum atomic E-state index is 4.71. The van der Waals surface area contributed by atoms with Crippen LogP contribution < -0.4 is 0 Å². The number of thiazole rings is 1. The lowest BCUT2D eigenvalue weighted by molar-refractivity contribution is 0.210. The number of hydrogen-bond donors (Lipinski definition) is 0. The molecule has 0 aliphatic carbocycles. The predicted molar refractivity (Wildman–Crippen MR) is 86.8 cm³/mol. The molecule has 3 aromatic heterocycles. The monoisotopic (exact) mass is 319 g/mol. The number of imidazole rings is 1. The largest absolute Gasteiger partial charge is 0.297 e. The predicted octanol–water partition coefficient (Wildman–Crippen LogP) is 2.42. The number of hydrogen-bond acceptors (Lipinski definition) is 5. The molecule has 5 nitrogen and oxygen atoms in total. The molecular weight excluding hydrogens is 302 g/mol. The molecule has 1 aliphatic rings. The zero-order valence-electron chi connectivity index (χ0n) is 11.8. The van der Waals surface area contributed by atoms with E-state index in [1.54, 1.807) is 11.3 Å². The van der Waals surface area contributed by atoms with Gasteiger partial charge in [0.25, 0.3) is 0 Å². The van der Waals surface area contributed by atoms with E-state index < -0.39 is 0 Å². The Bertz CT molecular complexity index is 715. The van der Waals surface area contributed by atoms with Gasteiger partial charge in [0.2, 0.25) is 0 Å². The molecule has 4 rings (SSSR count). The van der Waals surface area contributed by atoms with E-state index in [0.717, 1.165) is 29.5 Å². The molecule has 0 aromatic carbocycles. The molecule has 1 saturated heterocycles. The van der Waals surface area contributed by atoms with Gasteiger partial charge in [-0.25, -0.2) is 4.98 Å². The van der Waals surface area contributed by atoms with Gasteiger partial charge in [0.1, 0.15) is 0 Å². The first-order chi connectivity index (χ1) is 10.3. The van der Waals surface area contributed by atoms with E-state index in [1.807, 2.05) is 29.7 Å². The summed E-state index contributed by atoms with van der Waals surface area (Å²) in [6.07, 6.45) is 8.35. The zero-order chi connectivity index (χ0) is 14.2. The Labute approximate surface area is 131 Å². The van der Waals surface area contributed by atoms with Crippen LogP contribution in [0.15, 0.2) is 30.2 Å². The van der Waals surface area contributed by atoms with Gasteiger partial charge >= 0.3 is 0 Å². The normalized spacial score (nSPS) is 20.3. The highest BCUT2D eigenvalue weighted by atomic mass is 32.2. The molecule has 1 atom stereocenters. The van der Waals surface area contributed by atoms with Crippen LogP contribution in [-0.2, 0) is 13.6 Å². The Morgan fingerprint density at radius 3 is 3.14 bits per heavy atom. The number of nitrogens with zero attached hydrogens (tertiary/aromatic N) is 5. The topological polar surface area (TPSA) is 38.4 Å². The van der Waals surface area contributed by atoms with Crippen molar-refractivity contribution in [2.75, 3.05) is 18.1 Å². The summed E-state index contributed by atoms with van der Waals surface area (Å²) >= 11 is 3.71. The van der Waals surface area contributed by atoms with Gasteiger partial charge in [-0.15, -0.1) is 11.3 Å². The molecule has 7 heteroatoms. The fraction of sp³-hybridized carbons (Fsp3) is 0.429. The molecule has 1 unspecified atom stereocenters. The molecule has 0 N–H and O–H groups in total. The first kappa shape index (κ1) is 13.4. The highest BCUT2D eigenvalue weighted by molar-refractivity contribution is 7.99. The smallest absolute Gasteiger partial charge is 0.193 e. The molecule has 1 fully saturated rings. The summed E-state index contributed by atoms with van der Waals surface area (Å²) in [4.78, 5) is 8.32. The van der Waals surface area contributed by atoms with Crippen LogP contribution >= 0.6 is 23.1 Å². The van der Waals surface area contributed by atoms with Gasteiger partial charge in [0, 0.05) is 67.2 Å². The lowest BCUT2D eigenvalue weighted by Crippen LogP contribution is -2.35. The van der Waals surface area contributed by atoms with Crippen LogP contribution in [0.4, 0.5) is 0 Å². The molecule has 0 spiro atoms. The van der Waals surface area contributed by atoms with E-state index in [2.05, 4.69) is 38.4 Å². The number of thioether (sulfide) groups is 1. The summed E-state index contributed by atoms with van der Waals surface area (Å²) in [5.74, 6) is 2.33. The van der Waals surface area contributed by atoms with Gasteiger partial charge in [-0.3, -0.25) is 14.0 Å². The summed E-state index contributed by atoms with van der Waals surface area (Å²) in [5.41, 5.74) is 2.47. The van der Waals surface area contributed by atoms with Gasteiger partial charge < -0.3 is 0 Å². The summed E-state index contributed by atoms with van der Waals surface area (Å²) < 4.78 is 4.00. The van der Waals surface area contributed by atoms with Crippen LogP contribution in [0.1, 0.15) is 17.3 Å². The maximum Gasteiger partial charge on any atom is 0.193 e. The minimum atomic E-state index is 0.442. The molecule has 0 amide bonds. The molecular formula is C14H17N5S2. The molecule has 21 heavy (non-hydrogen) atoms. The first-order valence-corrected chi connectivity index (χ1v) is 9.04. The Kier molecular flexibility index (Phi) is 3.48. The number of aromatic nitrogens is 4. The SMILES string of the molecule is Cn1cc(C2CSCCN2Cc2cn3ccsc3n2)cn1. The highest BCUT2D eigenvalue weighted by Crippen LogP contribution is 2.30. The van der Waals surface area contributed by atoms with Crippen LogP contribution in [-0.4, -0.2) is 42.1 Å². The average molecular weight is 319 g/mol. The fourth-order valence-corrected chi connectivity index (χ4v) is 4.68. The molecule has 0 radical (unpaired) electrons. The highest BCUT2D eigenvalue weighted by Gasteiger charge is 2.26. The maximum absolute atomic E-state index is 4.71. The molecule has 0 saturated carbocycles. The number of aryl methyl sites for hydroxylation is 1. The van der Waals surface area contributed by atoms with Gasteiger partial charge in [0.15, 0.2) is 4.96 Å². The molecule has 110 valence electrons. The minimum Gasteiger partial charge on any atom is -0.297 e. The average Bonchev–Trinajstić information content (AvgIpc) is 3.15. The summed E-state index contributed by atoms with van der Waals surface area (Å²) in [5, 5.41) is 6.39. The Balaban J connectivity index is 1.57. The van der Waals surface area contributed by atoms with E-state index in [0.29, 0.717) is 6.04 Å². The Hall–Kier alpha value is -1.31. The Morgan fingerprint density at radius 2 is 2.33 bits per heavy atom. The summed E-state index contributed by atoms with van der Waals surface area (Å²) in [6.45, 7) is 2.02. The van der Waals surface area contributed by atoms with E-state index in [9.17, 15) is 0 Å². The fourth-order valence-electron chi connectivity index (χ4n) is 2.81. The third kappa shape index (κ3) is 2.61. The molecule has 3 aromatic rings. The van der Waals surface area contributed by atoms with Gasteiger partial charge in [-0.05, 0) is 0 Å². The van der Waals surface area contributed by atoms with Crippen LogP contribution in [0.2, 0.25) is 0 Å². The zero-order valence-corrected chi connectivity index (χ0v) is 13.5. The number of fused-ring (bicyclic) bond motifs is 1. The van der Waals surface area contributed by atoms with Crippen LogP contribution in [0.5, 0.6) is 0 Å². The van der Waals surface area contributed by atoms with Gasteiger partial charge in [-0.2, -0.15) is 16.9 Å². The molecule has 4 heterocycles. The quantitative estimate of drug-likeness (QED) is 0.743. The van der Waals surface area contributed by atoms with E-state index >= 15 is 0 Å². The van der Waals surface area contributed by atoms with Crippen molar-refractivity contribution in [1.29, 1.82) is 0 Å². The van der Waals surface area contributed by atoms with E-state index in [-0.39, 0.29) is 0 Å². The second-order valence-corrected chi connectivity index (χ2v) is 7.36. The van der Waals surface area contributed by atoms with Crippen molar-refractivity contribution in [3.63, 3.8) is 0 Å². The van der Waals surface area contributed by atoms with Crippen molar-refractivity contribution in [1.82, 2.24) is 24.1 Å². The van der Waals surface area contributed by atoms with Crippen molar-refractivity contribution >= 4 is 28.1 Å². The van der Waals surface area contributed by atoms with Crippen LogP contribution in [0.25, 0.3) is 4.96 Å². The van der Waals surface area contributed by atoms with Crippen molar-refractivity contribution in [3.05, 3.63) is 41.4 Å². The molecule has 0 bridgehead atoms. The lowest BCUT2D eigenvalue weighted by atomic mass is 10.1. The third-order valence-corrected chi connectivity index (χ3v) is 5.65. The third-order valence-electron chi connectivity index (χ3n) is 3.86. The van der Waals surface area contributed by atoms with Crippen molar-refractivity contribution in [3.8, 4) is 0 Å². The minimum absolute atomic E-state index is 0.442. The second-order valence-electron chi connectivity index (χ2n) is 5.33. The summed E-state index contributed by atoms with van der Waals surface area (Å²) in [6, 6.07) is 0.442. The van der Waals surface area contributed by atoms with Crippen LogP contribution in [0.3, 0.4) is 0 Å². The van der Waals surface area contributed by atoms with E-state index in [1.165, 1.54) is 11.3 Å². The molecule has 1 aliphatic heterocycles. The standard InChI is InChI=1S/C14H17N5S2/c1-17-7-11(6-15-17)13-10-20-4-2-18(13)8-12-9-19-3-5-21-14(19)16-12/h3,5-7,9,13H,2,4,8,10H2,1H3. The van der Waals surface area contributed by atoms with Crippen molar-refractivity contribution in [2.45, 2.75) is 12.6 Å². The Morgan fingerprint density at radius 1 is 1.38 bits per heavy atom. The second kappa shape index (κ2) is 5.47. The van der Waals surface area contributed by atoms with Crippen molar-refractivity contribution in [2.24, 2.45) is 7.05 Å².